The Bertz CT molecular complexity index is 4720. The number of phosphoric ester groups is 3. The highest BCUT2D eigenvalue weighted by Gasteiger charge is 2.74. The molecule has 0 saturated carbocycles. The van der Waals surface area contributed by atoms with Crippen LogP contribution < -0.4 is 20.1 Å². The topological polar surface area (TPSA) is 453 Å². The number of halogens is 6. The fourth-order valence-electron chi connectivity index (χ4n) is 14.1. The molecule has 0 aliphatic carbocycles. The first kappa shape index (κ1) is 94.5. The van der Waals surface area contributed by atoms with Gasteiger partial charge in [0, 0.05) is 24.6 Å². The first-order valence-corrected chi connectivity index (χ1v) is 43.2. The number of carbonyl (C=O) groups is 3. The Kier molecular flexibility index (Phi) is 27.9. The number of amides is 2. The van der Waals surface area contributed by atoms with Gasteiger partial charge >= 0.3 is 37.2 Å². The van der Waals surface area contributed by atoms with Crippen LogP contribution in [0.15, 0.2) is 62.0 Å². The maximum atomic E-state index is 16.0. The lowest BCUT2D eigenvalue weighted by Crippen LogP contribution is -2.58. The van der Waals surface area contributed by atoms with Crippen LogP contribution in [0.5, 0.6) is 11.8 Å². The van der Waals surface area contributed by atoms with Crippen LogP contribution in [0.4, 0.5) is 31.1 Å². The van der Waals surface area contributed by atoms with Gasteiger partial charge in [-0.2, -0.15) is 9.97 Å². The van der Waals surface area contributed by atoms with E-state index in [9.17, 15) is 51.6 Å². The lowest BCUT2D eigenvalue weighted by Gasteiger charge is -2.41. The quantitative estimate of drug-likeness (QED) is 0.0260. The van der Waals surface area contributed by atoms with E-state index in [0.29, 0.717) is 24.9 Å². The number of fused-ring (bicyclic) bond motifs is 6. The molecule has 0 radical (unpaired) electrons. The third kappa shape index (κ3) is 19.0. The largest absolute Gasteiger partial charge is 0.510 e. The second kappa shape index (κ2) is 35.1. The van der Waals surface area contributed by atoms with E-state index in [4.69, 9.17) is 87.7 Å². The predicted molar refractivity (Wildman–Crippen MR) is 400 cm³/mol. The molecule has 20 atom stereocenters. The Morgan fingerprint density at radius 1 is 0.597 bits per heavy atom. The Morgan fingerprint density at radius 3 is 1.44 bits per heavy atom. The molecule has 14 rings (SSSR count). The van der Waals surface area contributed by atoms with Crippen molar-refractivity contribution < 1.29 is 157 Å². The highest BCUT2D eigenvalue weighted by atomic mass is 31.2. The predicted octanol–water partition coefficient (Wildman–Crippen LogP) is 10.6. The molecule has 50 heteroatoms. The van der Waals surface area contributed by atoms with Gasteiger partial charge in [-0.3, -0.25) is 73.0 Å². The molecular weight excluding hydrogens is 1680 g/mol. The van der Waals surface area contributed by atoms with Crippen LogP contribution in [0, 0.1) is 19.8 Å². The molecule has 8 fully saturated rings. The number of aryl methyl sites for hydroxylation is 2. The first-order valence-electron chi connectivity index (χ1n) is 37.1. The van der Waals surface area contributed by atoms with E-state index in [-0.39, 0.29) is 78.3 Å². The van der Waals surface area contributed by atoms with E-state index in [1.165, 1.54) is 70.0 Å². The highest BCUT2D eigenvalue weighted by Crippen LogP contribution is 2.67. The zero-order chi connectivity index (χ0) is 86.9. The average molecular weight is 1780 g/mol. The van der Waals surface area contributed by atoms with E-state index >= 15 is 17.6 Å². The van der Waals surface area contributed by atoms with Gasteiger partial charge < -0.3 is 68.5 Å². The van der Waals surface area contributed by atoms with Crippen LogP contribution in [-0.4, -0.2) is 244 Å². The third-order valence-electron chi connectivity index (χ3n) is 19.1. The number of nitrogens with one attached hydrogen (secondary N) is 2. The van der Waals surface area contributed by atoms with Gasteiger partial charge in [0.25, 0.3) is 23.5 Å². The fraction of sp³-hybridized carbons (Fsp3) is 0.696. The zero-order valence-corrected chi connectivity index (χ0v) is 70.7. The number of aliphatic hydroxyl groups is 2. The second-order valence-electron chi connectivity index (χ2n) is 30.6. The van der Waals surface area contributed by atoms with E-state index in [1.807, 2.05) is 13.8 Å². The van der Waals surface area contributed by atoms with E-state index < -0.39 is 202 Å². The van der Waals surface area contributed by atoms with Gasteiger partial charge in [0.15, 0.2) is 76.4 Å². The maximum absolute atomic E-state index is 16.0. The number of imidazole rings is 2. The number of hydrogen-bond donors (Lipinski definition) is 4. The van der Waals surface area contributed by atoms with Crippen molar-refractivity contribution in [1.82, 2.24) is 59.5 Å². The van der Waals surface area contributed by atoms with Crippen LogP contribution in [0.1, 0.15) is 135 Å². The molecule has 4 aromatic heterocycles. The number of carbonyl (C=O) groups excluding carboxylic acids is 3. The normalized spacial score (nSPS) is 37.6. The van der Waals surface area contributed by atoms with Crippen LogP contribution in [0.2, 0.25) is 0 Å². The monoisotopic (exact) mass is 1780 g/mol. The summed E-state index contributed by atoms with van der Waals surface area (Å²) < 4.78 is 245. The van der Waals surface area contributed by atoms with Gasteiger partial charge in [0.1, 0.15) is 78.9 Å². The average Bonchev–Trinajstić information content (AvgIpc) is 1.57. The number of hydrogen-bond acceptors (Lipinski definition) is 36. The summed E-state index contributed by atoms with van der Waals surface area (Å²) >= 11 is 0. The van der Waals surface area contributed by atoms with Crippen molar-refractivity contribution in [3.05, 3.63) is 73.7 Å². The number of alkyl halides is 6. The SMILES string of the molecule is C.C=C1NC(=O)C=CN1[C@@H]1O[C@]2(CF)CCP(=O)(OCOC(=O)OC(C)C)O[C@H]2[C@@]1(C)O.C=C1NC(=O)C=CN1[C@@H]1O[C@]2(CF)COP(=O)(OC(C)C)O[C@H]2[C@@]1(C)O.CCOc1nc(C)nc2c1ncn2[C@@H]1O[C@]2(F)COP(=O)(OC(C)C)O[C@H]2[C@@]1(C)F.CCOc1nc(C)nc2c1ncn2[C@@H]1O[C@]2(F)COP(=O)(OCC(C)C)O[C@H]2[C@@]1(C)F. The molecule has 4 unspecified atom stereocenters. The van der Waals surface area contributed by atoms with Crippen LogP contribution >= 0.6 is 31.1 Å². The molecule has 14 heterocycles. The molecule has 4 N–H and O–H groups in total. The minimum atomic E-state index is -4.17. The summed E-state index contributed by atoms with van der Waals surface area (Å²) in [4.78, 5) is 62.3. The van der Waals surface area contributed by atoms with Crippen molar-refractivity contribution in [2.45, 2.75) is 238 Å². The maximum Gasteiger partial charge on any atom is 0.510 e. The molecule has 0 bridgehead atoms. The van der Waals surface area contributed by atoms with Gasteiger partial charge in [-0.05, 0) is 109 Å². The van der Waals surface area contributed by atoms with E-state index in [1.54, 1.807) is 69.2 Å². The standard InChI is InChI=1S/C18H25F2N4O6P.C18H26FN2O9P.C17H23F2N4O6P.C15H22FN2O7P.CH4/c1-6-26-14-12-13(22-11(4)23-14)24(9-21-12)16-17(5,19)15-18(20,29-16)8-28-31(25,30-15)27-7-10(2)3;1-11(2)28-16(23)26-10-27-31(25)8-6-18(9-19)14(30-31)17(4,24)15(29-18)21-7-5-13(22)20-12(21)3;1-6-25-13-11-12(21-10(4)22-13)23(8-20-11)15-16(5,18)14-17(19,27-15)7-26-30(24,29-14)28-9(2)3;1-9(2)24-26(21)22-8-15(7-16)12(25-26)14(4,20)13(23-15)18-6-5-11(19)17-10(18)3;/h9-10,15-16H,6-8H2,1-5H3;5,7,11,14-15,24H,3,6,8-10H2,1-2,4H3,(H,20,22);8-9,14-15H,6-7H2,1-5H3;5-6,9,12-13,20H,3,7-8H2,1-2,4H3,(H,17,19);1H4/t15-,16+,17+,18+,31?;14-,15+,17+,18-,31?;14-,15+,16+,17+,30?;12-,13+,14+,15+,26?;/m0000./s1. The molecule has 2 amide bonds. The molecule has 10 aliphatic heterocycles. The second-order valence-corrected chi connectivity index (χ2v) is 37.5. The molecule has 10 aliphatic rings. The molecule has 0 spiro atoms. The molecule has 40 nitrogen and oxygen atoms in total. The van der Waals surface area contributed by atoms with Crippen molar-refractivity contribution in [3.63, 3.8) is 0 Å². The minimum absolute atomic E-state index is 0. The number of aromatic nitrogens is 8. The summed E-state index contributed by atoms with van der Waals surface area (Å²) in [5, 5.41) is 27.2. The van der Waals surface area contributed by atoms with Crippen LogP contribution in [-0.2, 0) is 106 Å². The van der Waals surface area contributed by atoms with Crippen molar-refractivity contribution >= 4 is 71.4 Å². The molecular formula is C69H100F6N12O28P4. The van der Waals surface area contributed by atoms with Crippen molar-refractivity contribution in [2.75, 3.05) is 65.9 Å². The Morgan fingerprint density at radius 2 is 1.02 bits per heavy atom. The summed E-state index contributed by atoms with van der Waals surface area (Å²) in [5.74, 6) is -4.77. The Balaban J connectivity index is 0.000000167. The lowest BCUT2D eigenvalue weighted by molar-refractivity contribution is -0.220. The van der Waals surface area contributed by atoms with E-state index in [2.05, 4.69) is 53.7 Å². The van der Waals surface area contributed by atoms with Crippen LogP contribution in [0.25, 0.3) is 22.3 Å². The van der Waals surface area contributed by atoms with Gasteiger partial charge in [-0.25, -0.2) is 64.8 Å². The Hall–Kier alpha value is -6.71. The Labute approximate surface area is 680 Å². The smallest absolute Gasteiger partial charge is 0.476 e. The van der Waals surface area contributed by atoms with Gasteiger partial charge in [0.2, 0.25) is 18.6 Å². The van der Waals surface area contributed by atoms with Gasteiger partial charge in [-0.1, -0.05) is 34.4 Å². The molecule has 119 heavy (non-hydrogen) atoms. The molecule has 8 saturated heterocycles. The summed E-state index contributed by atoms with van der Waals surface area (Å²) in [7, 11) is -16.2. The lowest BCUT2D eigenvalue weighted by atomic mass is 9.86. The molecule has 0 aromatic carbocycles. The molecule has 666 valence electrons. The number of phosphoric acid groups is 3. The van der Waals surface area contributed by atoms with Gasteiger partial charge in [0.05, 0.1) is 63.6 Å². The first-order chi connectivity index (χ1) is 54.9. The van der Waals surface area contributed by atoms with Crippen molar-refractivity contribution in [1.29, 1.82) is 0 Å². The summed E-state index contributed by atoms with van der Waals surface area (Å²) in [6.07, 6.45) is -6.98. The summed E-state index contributed by atoms with van der Waals surface area (Å²) in [6.45, 7) is 28.4. The van der Waals surface area contributed by atoms with Crippen LogP contribution in [0.3, 0.4) is 0 Å². The van der Waals surface area contributed by atoms with Crippen molar-refractivity contribution in [2.24, 2.45) is 5.92 Å². The molecule has 4 aromatic rings. The zero-order valence-electron chi connectivity index (χ0n) is 67.1. The number of rotatable bonds is 21. The number of ether oxygens (including phenoxy) is 8. The van der Waals surface area contributed by atoms with E-state index in [0.717, 1.165) is 13.8 Å². The third-order valence-corrected chi connectivity index (χ3v) is 25.5. The summed E-state index contributed by atoms with van der Waals surface area (Å²) in [5.41, 5.74) is -11.0. The van der Waals surface area contributed by atoms with Crippen molar-refractivity contribution in [3.8, 4) is 11.8 Å². The van der Waals surface area contributed by atoms with Gasteiger partial charge in [-0.15, -0.1) is 0 Å². The highest BCUT2D eigenvalue weighted by molar-refractivity contribution is 7.54. The number of nitrogens with zero attached hydrogens (tertiary/aromatic N) is 10. The summed E-state index contributed by atoms with van der Waals surface area (Å²) in [6, 6.07) is 0. The minimum Gasteiger partial charge on any atom is -0.476 e. The fourth-order valence-corrected chi connectivity index (χ4v) is 21.0.